The van der Waals surface area contributed by atoms with Crippen LogP contribution in [0.4, 0.5) is 0 Å². The van der Waals surface area contributed by atoms with Crippen LogP contribution in [-0.2, 0) is 17.6 Å². The van der Waals surface area contributed by atoms with Crippen molar-refractivity contribution in [1.82, 2.24) is 4.90 Å². The molecule has 1 fully saturated rings. The molecule has 4 heteroatoms. The zero-order chi connectivity index (χ0) is 12.5. The van der Waals surface area contributed by atoms with Crippen LogP contribution in [0.5, 0.6) is 0 Å². The number of hydrogen-bond acceptors (Lipinski definition) is 3. The second-order valence-corrected chi connectivity index (χ2v) is 6.36. The van der Waals surface area contributed by atoms with Crippen molar-refractivity contribution in [2.24, 2.45) is 0 Å². The van der Waals surface area contributed by atoms with Crippen molar-refractivity contribution >= 4 is 17.2 Å². The predicted molar refractivity (Wildman–Crippen MR) is 72.4 cm³/mol. The largest absolute Gasteiger partial charge is 0.378 e. The third-order valence-corrected chi connectivity index (χ3v) is 5.07. The Morgan fingerprint density at radius 2 is 1.94 bits per heavy atom. The summed E-state index contributed by atoms with van der Waals surface area (Å²) >= 11 is 1.83. The Morgan fingerprint density at radius 3 is 2.72 bits per heavy atom. The Labute approximate surface area is 112 Å². The Morgan fingerprint density at radius 1 is 1.22 bits per heavy atom. The predicted octanol–water partition coefficient (Wildman–Crippen LogP) is 2.41. The maximum atomic E-state index is 12.6. The summed E-state index contributed by atoms with van der Waals surface area (Å²) in [6.07, 6.45) is 4.76. The Bertz CT molecular complexity index is 461. The molecule has 98 valence electrons. The lowest BCUT2D eigenvalue weighted by Gasteiger charge is -2.27. The van der Waals surface area contributed by atoms with Crippen LogP contribution < -0.4 is 0 Å². The van der Waals surface area contributed by atoms with Crippen molar-refractivity contribution in [2.75, 3.05) is 26.3 Å². The lowest BCUT2D eigenvalue weighted by atomic mass is 9.94. The van der Waals surface area contributed by atoms with Gasteiger partial charge < -0.3 is 9.64 Å². The first-order valence-electron chi connectivity index (χ1n) is 6.75. The molecular weight excluding hydrogens is 246 g/mol. The van der Waals surface area contributed by atoms with Gasteiger partial charge in [-0.2, -0.15) is 0 Å². The van der Waals surface area contributed by atoms with Crippen molar-refractivity contribution in [3.05, 3.63) is 20.9 Å². The van der Waals surface area contributed by atoms with Crippen LogP contribution in [0.25, 0.3) is 0 Å². The van der Waals surface area contributed by atoms with E-state index < -0.39 is 0 Å². The van der Waals surface area contributed by atoms with Crippen molar-refractivity contribution in [2.45, 2.75) is 32.6 Å². The fourth-order valence-electron chi connectivity index (χ4n) is 2.91. The second-order valence-electron chi connectivity index (χ2n) is 5.05. The molecule has 3 rings (SSSR count). The highest BCUT2D eigenvalue weighted by atomic mass is 32.1. The van der Waals surface area contributed by atoms with Crippen LogP contribution in [0.2, 0.25) is 0 Å². The Kier molecular flexibility index (Phi) is 3.39. The molecule has 1 aromatic heterocycles. The number of amides is 1. The standard InChI is InChI=1S/C14H19NO2S/c1-10-13(11-4-2-3-5-12(11)18-10)14(16)15-6-8-17-9-7-15/h2-9H2,1H3. The molecule has 2 aliphatic rings. The molecule has 0 N–H and O–H groups in total. The van der Waals surface area contributed by atoms with Gasteiger partial charge in [-0.3, -0.25) is 4.79 Å². The topological polar surface area (TPSA) is 29.5 Å². The summed E-state index contributed by atoms with van der Waals surface area (Å²) in [6.45, 7) is 4.93. The van der Waals surface area contributed by atoms with Crippen molar-refractivity contribution in [1.29, 1.82) is 0 Å². The average Bonchev–Trinajstić information content (AvgIpc) is 2.75. The lowest BCUT2D eigenvalue weighted by molar-refractivity contribution is 0.0302. The number of nitrogens with zero attached hydrogens (tertiary/aromatic N) is 1. The summed E-state index contributed by atoms with van der Waals surface area (Å²) in [6, 6.07) is 0. The highest BCUT2D eigenvalue weighted by Crippen LogP contribution is 2.34. The molecule has 2 heterocycles. The number of morpholine rings is 1. The SMILES string of the molecule is Cc1sc2c(c1C(=O)N1CCOCC1)CCCC2. The molecule has 18 heavy (non-hydrogen) atoms. The van der Waals surface area contributed by atoms with Crippen LogP contribution in [0.15, 0.2) is 0 Å². The third-order valence-electron chi connectivity index (χ3n) is 3.86. The van der Waals surface area contributed by atoms with Crippen molar-refractivity contribution in [3.63, 3.8) is 0 Å². The van der Waals surface area contributed by atoms with E-state index in [-0.39, 0.29) is 5.91 Å². The molecule has 3 nitrogen and oxygen atoms in total. The van der Waals surface area contributed by atoms with Crippen LogP contribution in [0, 0.1) is 6.92 Å². The molecule has 0 saturated carbocycles. The van der Waals surface area contributed by atoms with Gasteiger partial charge in [0, 0.05) is 22.8 Å². The minimum Gasteiger partial charge on any atom is -0.378 e. The van der Waals surface area contributed by atoms with E-state index in [4.69, 9.17) is 4.74 Å². The van der Waals surface area contributed by atoms with E-state index in [9.17, 15) is 4.79 Å². The fourth-order valence-corrected chi connectivity index (χ4v) is 4.16. The summed E-state index contributed by atoms with van der Waals surface area (Å²) in [5.74, 6) is 0.232. The van der Waals surface area contributed by atoms with E-state index in [0.29, 0.717) is 13.2 Å². The van der Waals surface area contributed by atoms with Gasteiger partial charge in [0.15, 0.2) is 0 Å². The molecule has 0 aromatic carbocycles. The molecule has 1 amide bonds. The van der Waals surface area contributed by atoms with E-state index in [1.807, 2.05) is 16.2 Å². The summed E-state index contributed by atoms with van der Waals surface area (Å²) in [5, 5.41) is 0. The summed E-state index contributed by atoms with van der Waals surface area (Å²) in [4.78, 5) is 17.2. The molecule has 1 aliphatic carbocycles. The summed E-state index contributed by atoms with van der Waals surface area (Å²) < 4.78 is 5.32. The quantitative estimate of drug-likeness (QED) is 0.780. The smallest absolute Gasteiger partial charge is 0.255 e. The first-order chi connectivity index (χ1) is 8.77. The van der Waals surface area contributed by atoms with Crippen LogP contribution in [-0.4, -0.2) is 37.1 Å². The van der Waals surface area contributed by atoms with Crippen molar-refractivity contribution in [3.8, 4) is 0 Å². The van der Waals surface area contributed by atoms with E-state index in [1.54, 1.807) is 0 Å². The fraction of sp³-hybridized carbons (Fsp3) is 0.643. The number of thiophene rings is 1. The molecule has 0 radical (unpaired) electrons. The van der Waals surface area contributed by atoms with Crippen molar-refractivity contribution < 1.29 is 9.53 Å². The molecular formula is C14H19NO2S. The van der Waals surface area contributed by atoms with Gasteiger partial charge in [0.1, 0.15) is 0 Å². The second kappa shape index (κ2) is 5.02. The average molecular weight is 265 g/mol. The van der Waals surface area contributed by atoms with E-state index >= 15 is 0 Å². The first-order valence-corrected chi connectivity index (χ1v) is 7.57. The van der Waals surface area contributed by atoms with Gasteiger partial charge in [-0.25, -0.2) is 0 Å². The molecule has 0 spiro atoms. The number of hydrogen-bond donors (Lipinski definition) is 0. The van der Waals surface area contributed by atoms with Crippen LogP contribution >= 0.6 is 11.3 Å². The number of aryl methyl sites for hydroxylation is 2. The van der Waals surface area contributed by atoms with E-state index in [1.165, 1.54) is 28.2 Å². The molecule has 1 saturated heterocycles. The maximum Gasteiger partial charge on any atom is 0.255 e. The summed E-state index contributed by atoms with van der Waals surface area (Å²) in [5.41, 5.74) is 2.36. The Balaban J connectivity index is 1.90. The molecule has 0 bridgehead atoms. The summed E-state index contributed by atoms with van der Waals surface area (Å²) in [7, 11) is 0. The minimum absolute atomic E-state index is 0.232. The minimum atomic E-state index is 0.232. The monoisotopic (exact) mass is 265 g/mol. The van der Waals surface area contributed by atoms with Gasteiger partial charge in [0.05, 0.1) is 18.8 Å². The third kappa shape index (κ3) is 2.08. The zero-order valence-corrected chi connectivity index (χ0v) is 11.6. The number of ether oxygens (including phenoxy) is 1. The molecule has 0 atom stereocenters. The number of carbonyl (C=O) groups excluding carboxylic acids is 1. The highest BCUT2D eigenvalue weighted by Gasteiger charge is 2.27. The number of rotatable bonds is 1. The number of carbonyl (C=O) groups is 1. The molecule has 0 unspecified atom stereocenters. The maximum absolute atomic E-state index is 12.6. The van der Waals surface area contributed by atoms with Crippen LogP contribution in [0.3, 0.4) is 0 Å². The first kappa shape index (κ1) is 12.2. The van der Waals surface area contributed by atoms with Gasteiger partial charge in [0.2, 0.25) is 0 Å². The Hall–Kier alpha value is -0.870. The van der Waals surface area contributed by atoms with Gasteiger partial charge in [0.25, 0.3) is 5.91 Å². The zero-order valence-electron chi connectivity index (χ0n) is 10.8. The van der Waals surface area contributed by atoms with Gasteiger partial charge >= 0.3 is 0 Å². The van der Waals surface area contributed by atoms with Gasteiger partial charge in [-0.15, -0.1) is 11.3 Å². The normalized spacial score (nSPS) is 19.7. The molecule has 1 aromatic rings. The van der Waals surface area contributed by atoms with Gasteiger partial charge in [-0.1, -0.05) is 0 Å². The van der Waals surface area contributed by atoms with E-state index in [2.05, 4.69) is 6.92 Å². The van der Waals surface area contributed by atoms with E-state index in [0.717, 1.165) is 31.5 Å². The molecule has 1 aliphatic heterocycles. The lowest BCUT2D eigenvalue weighted by Crippen LogP contribution is -2.41. The van der Waals surface area contributed by atoms with Crippen LogP contribution in [0.1, 0.15) is 38.5 Å². The van der Waals surface area contributed by atoms with Gasteiger partial charge in [-0.05, 0) is 38.2 Å². The number of fused-ring (bicyclic) bond motifs is 1. The highest BCUT2D eigenvalue weighted by molar-refractivity contribution is 7.12.